The van der Waals surface area contributed by atoms with Crippen molar-refractivity contribution in [3.63, 3.8) is 0 Å². The van der Waals surface area contributed by atoms with E-state index in [9.17, 15) is 26.3 Å². The summed E-state index contributed by atoms with van der Waals surface area (Å²) < 4.78 is 63.5. The van der Waals surface area contributed by atoms with Crippen LogP contribution in [0.1, 0.15) is 11.4 Å². The fourth-order valence-corrected chi connectivity index (χ4v) is 0.896. The molecule has 0 atom stereocenters. The van der Waals surface area contributed by atoms with Crippen LogP contribution < -0.4 is 0 Å². The van der Waals surface area contributed by atoms with E-state index in [-0.39, 0.29) is 0 Å². The van der Waals surface area contributed by atoms with E-state index in [1.807, 2.05) is 50.2 Å². The average molecular weight is 414 g/mol. The molecule has 0 fully saturated rings. The second-order valence-corrected chi connectivity index (χ2v) is 4.55. The zero-order valence-electron chi connectivity index (χ0n) is 14.5. The van der Waals surface area contributed by atoms with E-state index in [0.29, 0.717) is 0 Å². The number of carboxylic acids is 2. The van der Waals surface area contributed by atoms with E-state index in [4.69, 9.17) is 19.8 Å². The summed E-state index contributed by atoms with van der Waals surface area (Å²) in [6, 6.07) is 11.7. The van der Waals surface area contributed by atoms with Gasteiger partial charge in [0.15, 0.2) is 0 Å². The van der Waals surface area contributed by atoms with Crippen LogP contribution >= 0.6 is 0 Å². The number of carboxylic acid groups (broad SMARTS) is 2. The molecule has 0 unspecified atom stereocenters. The van der Waals surface area contributed by atoms with Gasteiger partial charge >= 0.3 is 24.3 Å². The first kappa shape index (κ1) is 27.0. The molecule has 0 bridgehead atoms. The summed E-state index contributed by atoms with van der Waals surface area (Å²) >= 11 is 0. The van der Waals surface area contributed by atoms with Crippen molar-refractivity contribution in [1.82, 2.24) is 9.97 Å². The second kappa shape index (κ2) is 13.1. The Labute approximate surface area is 155 Å². The number of hydrogen-bond donors (Lipinski definition) is 2. The molecule has 0 aliphatic heterocycles. The molecule has 156 valence electrons. The number of aromatic nitrogens is 2. The van der Waals surface area contributed by atoms with Crippen molar-refractivity contribution in [2.45, 2.75) is 26.2 Å². The van der Waals surface area contributed by atoms with Gasteiger partial charge in [0.1, 0.15) is 0 Å². The van der Waals surface area contributed by atoms with Crippen molar-refractivity contribution < 1.29 is 46.1 Å². The first-order chi connectivity index (χ1) is 12.7. The average Bonchev–Trinajstić information content (AvgIpc) is 2.56. The van der Waals surface area contributed by atoms with E-state index in [0.717, 1.165) is 11.4 Å². The molecule has 0 saturated carbocycles. The van der Waals surface area contributed by atoms with Crippen LogP contribution in [0.3, 0.4) is 0 Å². The Bertz CT molecular complexity index is 630. The Morgan fingerprint density at radius 2 is 0.964 bits per heavy atom. The standard InChI is InChI=1S/2C6H7N.2C2HF3O2/c2*1-6-4-2-3-5-7-6;2*3-2(4,5)1(6)7/h2*2-5H,1H3;2*(H,6,7). The van der Waals surface area contributed by atoms with Gasteiger partial charge in [-0.1, -0.05) is 12.1 Å². The molecule has 2 heterocycles. The molecular formula is C16H16F6N2O4. The number of aliphatic carboxylic acids is 2. The molecule has 2 aromatic rings. The van der Waals surface area contributed by atoms with Gasteiger partial charge in [-0.05, 0) is 38.1 Å². The highest BCUT2D eigenvalue weighted by molar-refractivity contribution is 5.73. The van der Waals surface area contributed by atoms with Crippen LogP contribution in [0.25, 0.3) is 0 Å². The third-order valence-corrected chi connectivity index (χ3v) is 2.11. The number of carbonyl (C=O) groups is 2. The van der Waals surface area contributed by atoms with E-state index < -0.39 is 24.3 Å². The van der Waals surface area contributed by atoms with E-state index in [2.05, 4.69) is 9.97 Å². The van der Waals surface area contributed by atoms with E-state index in [1.165, 1.54) is 0 Å². The molecule has 12 heteroatoms. The van der Waals surface area contributed by atoms with Crippen molar-refractivity contribution in [2.24, 2.45) is 0 Å². The molecule has 0 radical (unpaired) electrons. The van der Waals surface area contributed by atoms with Crippen LogP contribution in [0.15, 0.2) is 48.8 Å². The van der Waals surface area contributed by atoms with Crippen molar-refractivity contribution in [2.75, 3.05) is 0 Å². The van der Waals surface area contributed by atoms with Gasteiger partial charge in [0.2, 0.25) is 0 Å². The Kier molecular flexibility index (Phi) is 12.6. The quantitative estimate of drug-likeness (QED) is 0.631. The Hall–Kier alpha value is -3.18. The molecule has 0 spiro atoms. The molecular weight excluding hydrogens is 398 g/mol. The van der Waals surface area contributed by atoms with Gasteiger partial charge in [-0.3, -0.25) is 9.97 Å². The Morgan fingerprint density at radius 1 is 0.714 bits per heavy atom. The first-order valence-electron chi connectivity index (χ1n) is 7.03. The maximum atomic E-state index is 10.6. The van der Waals surface area contributed by atoms with Gasteiger partial charge in [-0.15, -0.1) is 0 Å². The van der Waals surface area contributed by atoms with Crippen LogP contribution in [-0.2, 0) is 9.59 Å². The molecule has 28 heavy (non-hydrogen) atoms. The first-order valence-corrected chi connectivity index (χ1v) is 7.03. The summed E-state index contributed by atoms with van der Waals surface area (Å²) in [7, 11) is 0. The Balaban J connectivity index is 0. The summed E-state index contributed by atoms with van der Waals surface area (Å²) in [5.41, 5.74) is 2.14. The van der Waals surface area contributed by atoms with Gasteiger partial charge in [0, 0.05) is 23.8 Å². The number of aryl methyl sites for hydroxylation is 2. The van der Waals surface area contributed by atoms with Crippen LogP contribution in [0.5, 0.6) is 0 Å². The predicted molar refractivity (Wildman–Crippen MR) is 85.3 cm³/mol. The molecule has 0 amide bonds. The smallest absolute Gasteiger partial charge is 0.475 e. The zero-order chi connectivity index (χ0) is 22.4. The molecule has 2 N–H and O–H groups in total. The third kappa shape index (κ3) is 17.6. The summed E-state index contributed by atoms with van der Waals surface area (Å²) in [6.07, 6.45) is -6.59. The highest BCUT2D eigenvalue weighted by Crippen LogP contribution is 2.13. The lowest BCUT2D eigenvalue weighted by Crippen LogP contribution is -2.21. The number of nitrogens with zero attached hydrogens (tertiary/aromatic N) is 2. The molecule has 0 saturated heterocycles. The number of hydrogen-bond acceptors (Lipinski definition) is 4. The van der Waals surface area contributed by atoms with E-state index in [1.54, 1.807) is 12.4 Å². The number of alkyl halides is 6. The SMILES string of the molecule is Cc1ccccn1.Cc1ccccn1.O=C(O)C(F)(F)F.O=C(O)C(F)(F)F. The summed E-state index contributed by atoms with van der Waals surface area (Å²) in [4.78, 5) is 25.7. The van der Waals surface area contributed by atoms with Crippen LogP contribution in [0, 0.1) is 13.8 Å². The Morgan fingerprint density at radius 3 is 1.04 bits per heavy atom. The molecule has 0 aromatic carbocycles. The van der Waals surface area contributed by atoms with Gasteiger partial charge in [-0.2, -0.15) is 26.3 Å². The lowest BCUT2D eigenvalue weighted by atomic mass is 10.4. The highest BCUT2D eigenvalue weighted by Gasteiger charge is 2.38. The fourth-order valence-electron chi connectivity index (χ4n) is 0.896. The van der Waals surface area contributed by atoms with Gasteiger partial charge in [-0.25, -0.2) is 9.59 Å². The van der Waals surface area contributed by atoms with Gasteiger partial charge < -0.3 is 10.2 Å². The van der Waals surface area contributed by atoms with Crippen molar-refractivity contribution >= 4 is 11.9 Å². The summed E-state index contributed by atoms with van der Waals surface area (Å²) in [6.45, 7) is 3.94. The van der Waals surface area contributed by atoms with Crippen molar-refractivity contribution in [3.8, 4) is 0 Å². The minimum absolute atomic E-state index is 1.07. The molecule has 2 aromatic heterocycles. The van der Waals surface area contributed by atoms with Crippen LogP contribution in [-0.4, -0.2) is 44.5 Å². The minimum Gasteiger partial charge on any atom is -0.475 e. The monoisotopic (exact) mass is 414 g/mol. The van der Waals surface area contributed by atoms with E-state index >= 15 is 0 Å². The summed E-state index contributed by atoms with van der Waals surface area (Å²) in [5.74, 6) is -5.51. The maximum Gasteiger partial charge on any atom is 0.490 e. The zero-order valence-corrected chi connectivity index (χ0v) is 14.5. The maximum absolute atomic E-state index is 10.6. The topological polar surface area (TPSA) is 100 Å². The van der Waals surface area contributed by atoms with Gasteiger partial charge in [0.05, 0.1) is 0 Å². The van der Waals surface area contributed by atoms with Crippen molar-refractivity contribution in [3.05, 3.63) is 60.2 Å². The number of rotatable bonds is 0. The number of halogens is 6. The number of pyridine rings is 2. The molecule has 2 rings (SSSR count). The largest absolute Gasteiger partial charge is 0.490 e. The third-order valence-electron chi connectivity index (χ3n) is 2.11. The normalized spacial score (nSPS) is 10.0. The molecule has 6 nitrogen and oxygen atoms in total. The lowest BCUT2D eigenvalue weighted by molar-refractivity contribution is -0.193. The van der Waals surface area contributed by atoms with Crippen molar-refractivity contribution in [1.29, 1.82) is 0 Å². The minimum atomic E-state index is -5.08. The molecule has 0 aliphatic rings. The molecule has 0 aliphatic carbocycles. The second-order valence-electron chi connectivity index (χ2n) is 4.55. The predicted octanol–water partition coefficient (Wildman–Crippen LogP) is 4.05. The van der Waals surface area contributed by atoms with Crippen LogP contribution in [0.4, 0.5) is 26.3 Å². The fraction of sp³-hybridized carbons (Fsp3) is 0.250. The summed E-state index contributed by atoms with van der Waals surface area (Å²) in [5, 5.41) is 14.2. The lowest BCUT2D eigenvalue weighted by Gasteiger charge is -1.93. The van der Waals surface area contributed by atoms with Crippen LogP contribution in [0.2, 0.25) is 0 Å². The van der Waals surface area contributed by atoms with Gasteiger partial charge in [0.25, 0.3) is 0 Å². The highest BCUT2D eigenvalue weighted by atomic mass is 19.4.